The minimum Gasteiger partial charge on any atom is -0.495 e. The summed E-state index contributed by atoms with van der Waals surface area (Å²) in [6.45, 7) is 1.50. The van der Waals surface area contributed by atoms with Crippen LogP contribution in [0.5, 0.6) is 5.75 Å². The molecule has 9 heteroatoms. The summed E-state index contributed by atoms with van der Waals surface area (Å²) in [4.78, 5) is 25.0. The number of benzene rings is 3. The van der Waals surface area contributed by atoms with E-state index in [0.29, 0.717) is 26.5 Å². The van der Waals surface area contributed by atoms with Gasteiger partial charge >= 0.3 is 0 Å². The largest absolute Gasteiger partial charge is 0.495 e. The first-order valence-corrected chi connectivity index (χ1v) is 12.1. The van der Waals surface area contributed by atoms with E-state index in [4.69, 9.17) is 4.74 Å². The summed E-state index contributed by atoms with van der Waals surface area (Å²) in [7, 11) is 1.61. The predicted molar refractivity (Wildman–Crippen MR) is 136 cm³/mol. The van der Waals surface area contributed by atoms with Gasteiger partial charge in [-0.05, 0) is 36.8 Å². The Labute approximate surface area is 205 Å². The standard InChI is InChI=1S/C25H22N4O3S2/c1-16(30)18-11-8-12-19(15-18)26-23(31)22(17-9-4-3-5-10-17)33-25-29-28-24(34-25)27-20-13-6-7-14-21(20)32-2/h3-15,22H,1-2H3,(H,26,31)(H,27,28). The van der Waals surface area contributed by atoms with Gasteiger partial charge in [-0.15, -0.1) is 10.2 Å². The number of Topliss-reactive ketones (excluding diaryl/α,β-unsaturated/α-hetero) is 1. The normalized spacial score (nSPS) is 11.5. The summed E-state index contributed by atoms with van der Waals surface area (Å²) in [5.41, 5.74) is 2.72. The van der Waals surface area contributed by atoms with Crippen molar-refractivity contribution in [2.75, 3.05) is 17.7 Å². The number of ketones is 1. The molecule has 1 unspecified atom stereocenters. The molecule has 7 nitrogen and oxygen atoms in total. The minimum atomic E-state index is -0.561. The van der Waals surface area contributed by atoms with Crippen molar-refractivity contribution in [3.05, 3.63) is 90.0 Å². The second kappa shape index (κ2) is 11.0. The number of nitrogens with one attached hydrogen (secondary N) is 2. The molecule has 2 N–H and O–H groups in total. The highest BCUT2D eigenvalue weighted by Gasteiger charge is 2.24. The number of carbonyl (C=O) groups excluding carboxylic acids is 2. The predicted octanol–water partition coefficient (Wildman–Crippen LogP) is 5.97. The molecule has 3 aromatic carbocycles. The highest BCUT2D eigenvalue weighted by Crippen LogP contribution is 2.39. The van der Waals surface area contributed by atoms with E-state index >= 15 is 0 Å². The highest BCUT2D eigenvalue weighted by molar-refractivity contribution is 8.02. The van der Waals surface area contributed by atoms with E-state index < -0.39 is 5.25 Å². The fourth-order valence-corrected chi connectivity index (χ4v) is 5.15. The third-order valence-electron chi connectivity index (χ3n) is 4.85. The Balaban J connectivity index is 1.54. The van der Waals surface area contributed by atoms with Gasteiger partial charge in [0, 0.05) is 11.3 Å². The van der Waals surface area contributed by atoms with E-state index in [1.165, 1.54) is 30.0 Å². The van der Waals surface area contributed by atoms with Gasteiger partial charge in [-0.2, -0.15) is 0 Å². The van der Waals surface area contributed by atoms with E-state index in [-0.39, 0.29) is 11.7 Å². The zero-order valence-electron chi connectivity index (χ0n) is 18.5. The number of para-hydroxylation sites is 2. The first-order valence-electron chi connectivity index (χ1n) is 10.4. The lowest BCUT2D eigenvalue weighted by Crippen LogP contribution is -2.19. The average Bonchev–Trinajstić information content (AvgIpc) is 3.30. The first-order chi connectivity index (χ1) is 16.5. The summed E-state index contributed by atoms with van der Waals surface area (Å²) in [6.07, 6.45) is 0. The smallest absolute Gasteiger partial charge is 0.242 e. The number of nitrogens with zero attached hydrogens (tertiary/aromatic N) is 2. The Morgan fingerprint density at radius 2 is 1.74 bits per heavy atom. The lowest BCUT2D eigenvalue weighted by atomic mass is 10.1. The number of amides is 1. The Morgan fingerprint density at radius 3 is 2.50 bits per heavy atom. The van der Waals surface area contributed by atoms with Crippen molar-refractivity contribution in [2.45, 2.75) is 16.5 Å². The lowest BCUT2D eigenvalue weighted by molar-refractivity contribution is -0.115. The fourth-order valence-electron chi connectivity index (χ4n) is 3.20. The topological polar surface area (TPSA) is 93.2 Å². The van der Waals surface area contributed by atoms with Gasteiger partial charge in [0.05, 0.1) is 12.8 Å². The molecule has 1 aromatic heterocycles. The summed E-state index contributed by atoms with van der Waals surface area (Å²) >= 11 is 2.67. The second-order valence-electron chi connectivity index (χ2n) is 7.23. The number of aromatic nitrogens is 2. The van der Waals surface area contributed by atoms with Gasteiger partial charge < -0.3 is 15.4 Å². The third kappa shape index (κ3) is 5.81. The van der Waals surface area contributed by atoms with Crippen LogP contribution >= 0.6 is 23.1 Å². The maximum atomic E-state index is 13.3. The Morgan fingerprint density at radius 1 is 0.971 bits per heavy atom. The Bertz CT molecular complexity index is 1290. The molecule has 34 heavy (non-hydrogen) atoms. The van der Waals surface area contributed by atoms with Gasteiger partial charge in [0.2, 0.25) is 11.0 Å². The first kappa shape index (κ1) is 23.5. The van der Waals surface area contributed by atoms with Crippen LogP contribution in [0.4, 0.5) is 16.5 Å². The number of ether oxygens (including phenoxy) is 1. The molecule has 4 rings (SSSR count). The summed E-state index contributed by atoms with van der Waals surface area (Å²) in [6, 6.07) is 23.9. The fraction of sp³-hybridized carbons (Fsp3) is 0.120. The molecule has 4 aromatic rings. The van der Waals surface area contributed by atoms with Crippen molar-refractivity contribution < 1.29 is 14.3 Å². The summed E-state index contributed by atoms with van der Waals surface area (Å²) < 4.78 is 6.01. The molecule has 1 heterocycles. The second-order valence-corrected chi connectivity index (χ2v) is 9.56. The molecule has 0 radical (unpaired) electrons. The molecule has 0 aliphatic rings. The number of methoxy groups -OCH3 is 1. The van der Waals surface area contributed by atoms with Crippen LogP contribution in [-0.4, -0.2) is 29.0 Å². The molecule has 0 saturated carbocycles. The van der Waals surface area contributed by atoms with Crippen molar-refractivity contribution in [1.82, 2.24) is 10.2 Å². The summed E-state index contributed by atoms with van der Waals surface area (Å²) in [5.74, 6) is 0.418. The van der Waals surface area contributed by atoms with E-state index in [0.717, 1.165) is 11.3 Å². The monoisotopic (exact) mass is 490 g/mol. The van der Waals surface area contributed by atoms with Crippen molar-refractivity contribution in [3.63, 3.8) is 0 Å². The minimum absolute atomic E-state index is 0.0611. The van der Waals surface area contributed by atoms with Gasteiger partial charge in [-0.25, -0.2) is 0 Å². The molecule has 0 spiro atoms. The highest BCUT2D eigenvalue weighted by atomic mass is 32.2. The zero-order chi connectivity index (χ0) is 23.9. The molecule has 172 valence electrons. The number of hydrogen-bond donors (Lipinski definition) is 2. The lowest BCUT2D eigenvalue weighted by Gasteiger charge is -2.16. The molecule has 0 fully saturated rings. The van der Waals surface area contributed by atoms with Gasteiger partial charge in [-0.3, -0.25) is 9.59 Å². The van der Waals surface area contributed by atoms with Gasteiger partial charge in [0.1, 0.15) is 11.0 Å². The van der Waals surface area contributed by atoms with Crippen molar-refractivity contribution >= 4 is 51.3 Å². The van der Waals surface area contributed by atoms with Crippen LogP contribution in [0, 0.1) is 0 Å². The Hall–Kier alpha value is -3.69. The van der Waals surface area contributed by atoms with Crippen molar-refractivity contribution in [3.8, 4) is 5.75 Å². The van der Waals surface area contributed by atoms with Crippen LogP contribution in [0.25, 0.3) is 0 Å². The molecule has 0 saturated heterocycles. The number of thioether (sulfide) groups is 1. The maximum absolute atomic E-state index is 13.3. The van der Waals surface area contributed by atoms with Crippen LogP contribution in [0.1, 0.15) is 28.1 Å². The Kier molecular flexibility index (Phi) is 7.56. The zero-order valence-corrected chi connectivity index (χ0v) is 20.2. The molecular formula is C25H22N4O3S2. The molecule has 1 atom stereocenters. The van der Waals surface area contributed by atoms with Crippen LogP contribution in [0.3, 0.4) is 0 Å². The SMILES string of the molecule is COc1ccccc1Nc1nnc(SC(C(=O)Nc2cccc(C(C)=O)c2)c2ccccc2)s1. The number of hydrogen-bond acceptors (Lipinski definition) is 8. The van der Waals surface area contributed by atoms with Gasteiger partial charge in [-0.1, -0.05) is 77.7 Å². The number of carbonyl (C=O) groups is 2. The third-order valence-corrected chi connectivity index (χ3v) is 7.03. The van der Waals surface area contributed by atoms with E-state index in [1.54, 1.807) is 31.4 Å². The van der Waals surface area contributed by atoms with Crippen LogP contribution < -0.4 is 15.4 Å². The van der Waals surface area contributed by atoms with E-state index in [2.05, 4.69) is 20.8 Å². The average molecular weight is 491 g/mol. The van der Waals surface area contributed by atoms with E-state index in [1.807, 2.05) is 54.6 Å². The van der Waals surface area contributed by atoms with Gasteiger partial charge in [0.25, 0.3) is 0 Å². The van der Waals surface area contributed by atoms with Crippen molar-refractivity contribution in [1.29, 1.82) is 0 Å². The molecule has 1 amide bonds. The van der Waals surface area contributed by atoms with Crippen LogP contribution in [0.15, 0.2) is 83.2 Å². The molecular weight excluding hydrogens is 468 g/mol. The van der Waals surface area contributed by atoms with Crippen LogP contribution in [0.2, 0.25) is 0 Å². The maximum Gasteiger partial charge on any atom is 0.242 e. The summed E-state index contributed by atoms with van der Waals surface area (Å²) in [5, 5.41) is 14.7. The van der Waals surface area contributed by atoms with Crippen molar-refractivity contribution in [2.24, 2.45) is 0 Å². The van der Waals surface area contributed by atoms with Gasteiger partial charge in [0.15, 0.2) is 10.1 Å². The number of rotatable bonds is 9. The van der Waals surface area contributed by atoms with E-state index in [9.17, 15) is 9.59 Å². The van der Waals surface area contributed by atoms with Crippen LogP contribution in [-0.2, 0) is 4.79 Å². The molecule has 0 aliphatic heterocycles. The molecule has 0 aliphatic carbocycles. The number of anilines is 3. The molecule has 0 bridgehead atoms. The quantitative estimate of drug-likeness (QED) is 0.221.